The van der Waals surface area contributed by atoms with Gasteiger partial charge in [0.25, 0.3) is 0 Å². The second-order valence-corrected chi connectivity index (χ2v) is 5.83. The first-order valence-electron chi connectivity index (χ1n) is 6.71. The Labute approximate surface area is 137 Å². The van der Waals surface area contributed by atoms with Crippen LogP contribution in [-0.4, -0.2) is 23.9 Å². The van der Waals surface area contributed by atoms with E-state index >= 15 is 0 Å². The molecule has 4 nitrogen and oxygen atoms in total. The first-order valence-corrected chi connectivity index (χ1v) is 7.50. The lowest BCUT2D eigenvalue weighted by Crippen LogP contribution is -2.10. The summed E-state index contributed by atoms with van der Waals surface area (Å²) in [6.07, 6.45) is 1.68. The smallest absolute Gasteiger partial charge is 0.341 e. The lowest BCUT2D eigenvalue weighted by molar-refractivity contribution is -0.139. The van der Waals surface area contributed by atoms with Crippen molar-refractivity contribution in [2.75, 3.05) is 6.61 Å². The van der Waals surface area contributed by atoms with E-state index in [-0.39, 0.29) is 6.61 Å². The molecule has 1 N–H and O–H groups in total. The van der Waals surface area contributed by atoms with Gasteiger partial charge in [-0.3, -0.25) is 4.99 Å². The molecule has 0 aliphatic heterocycles. The lowest BCUT2D eigenvalue weighted by atomic mass is 10.1. The maximum Gasteiger partial charge on any atom is 0.341 e. The van der Waals surface area contributed by atoms with Crippen LogP contribution in [0.25, 0.3) is 0 Å². The molecule has 0 heterocycles. The second-order valence-electron chi connectivity index (χ2n) is 4.91. The second kappa shape index (κ2) is 7.22. The molecule has 2 aromatic rings. The molecule has 0 saturated heterocycles. The number of carbonyl (C=O) groups is 1. The number of benzene rings is 2. The van der Waals surface area contributed by atoms with E-state index in [9.17, 15) is 4.79 Å². The van der Waals surface area contributed by atoms with Gasteiger partial charge in [0.2, 0.25) is 0 Å². The van der Waals surface area contributed by atoms with Crippen LogP contribution in [0.5, 0.6) is 5.75 Å². The highest BCUT2D eigenvalue weighted by Crippen LogP contribution is 2.24. The average molecular weight is 362 g/mol. The maximum absolute atomic E-state index is 10.6. The van der Waals surface area contributed by atoms with E-state index in [0.717, 1.165) is 21.3 Å². The van der Waals surface area contributed by atoms with Crippen molar-refractivity contribution in [1.82, 2.24) is 0 Å². The summed E-state index contributed by atoms with van der Waals surface area (Å²) in [5.41, 5.74) is 3.86. The van der Waals surface area contributed by atoms with Crippen molar-refractivity contribution < 1.29 is 14.6 Å². The Balaban J connectivity index is 2.28. The van der Waals surface area contributed by atoms with Crippen LogP contribution in [0, 0.1) is 13.8 Å². The number of hydrogen-bond acceptors (Lipinski definition) is 3. The Morgan fingerprint density at radius 1 is 1.27 bits per heavy atom. The molecule has 5 heteroatoms. The molecule has 0 saturated carbocycles. The summed E-state index contributed by atoms with van der Waals surface area (Å²) in [7, 11) is 0. The SMILES string of the molecule is Cc1ccc(N=Cc2cc(Br)ccc2OCC(=O)O)c(C)c1. The number of carboxylic acids is 1. The van der Waals surface area contributed by atoms with Gasteiger partial charge < -0.3 is 9.84 Å². The number of ether oxygens (including phenoxy) is 1. The molecular formula is C17H16BrNO3. The highest BCUT2D eigenvalue weighted by Gasteiger charge is 2.05. The van der Waals surface area contributed by atoms with Crippen molar-refractivity contribution in [2.24, 2.45) is 4.99 Å². The number of hydrogen-bond donors (Lipinski definition) is 1. The molecule has 0 unspecified atom stereocenters. The predicted octanol–water partition coefficient (Wildman–Crippen LogP) is 4.28. The van der Waals surface area contributed by atoms with E-state index in [2.05, 4.69) is 27.0 Å². The van der Waals surface area contributed by atoms with Crippen LogP contribution in [0.15, 0.2) is 45.9 Å². The van der Waals surface area contributed by atoms with E-state index < -0.39 is 5.97 Å². The molecule has 0 aliphatic rings. The topological polar surface area (TPSA) is 58.9 Å². The molecule has 0 bridgehead atoms. The normalized spacial score (nSPS) is 10.9. The van der Waals surface area contributed by atoms with Crippen molar-refractivity contribution in [3.8, 4) is 5.75 Å². The molecule has 0 atom stereocenters. The van der Waals surface area contributed by atoms with Crippen LogP contribution in [-0.2, 0) is 4.79 Å². The van der Waals surface area contributed by atoms with Crippen molar-refractivity contribution in [3.63, 3.8) is 0 Å². The molecule has 114 valence electrons. The summed E-state index contributed by atoms with van der Waals surface area (Å²) in [5.74, 6) is -0.528. The van der Waals surface area contributed by atoms with Gasteiger partial charge >= 0.3 is 5.97 Å². The van der Waals surface area contributed by atoms with Crippen LogP contribution >= 0.6 is 15.9 Å². The molecule has 2 rings (SSSR count). The van der Waals surface area contributed by atoms with Gasteiger partial charge in [0.1, 0.15) is 5.75 Å². The summed E-state index contributed by atoms with van der Waals surface area (Å²) in [4.78, 5) is 15.1. The number of aliphatic imine (C=N–C) groups is 1. The number of nitrogens with zero attached hydrogens (tertiary/aromatic N) is 1. The van der Waals surface area contributed by atoms with Gasteiger partial charge in [-0.2, -0.15) is 0 Å². The minimum Gasteiger partial charge on any atom is -0.481 e. The third-order valence-electron chi connectivity index (χ3n) is 3.02. The van der Waals surface area contributed by atoms with Crippen molar-refractivity contribution in [3.05, 3.63) is 57.6 Å². The highest BCUT2D eigenvalue weighted by atomic mass is 79.9. The van der Waals surface area contributed by atoms with Crippen molar-refractivity contribution in [1.29, 1.82) is 0 Å². The monoisotopic (exact) mass is 361 g/mol. The minimum atomic E-state index is -1.01. The van der Waals surface area contributed by atoms with Gasteiger partial charge in [-0.05, 0) is 43.7 Å². The molecule has 0 aliphatic carbocycles. The maximum atomic E-state index is 10.6. The fourth-order valence-electron chi connectivity index (χ4n) is 1.98. The fourth-order valence-corrected chi connectivity index (χ4v) is 2.36. The zero-order chi connectivity index (χ0) is 16.1. The Kier molecular flexibility index (Phi) is 5.33. The molecule has 0 fully saturated rings. The summed E-state index contributed by atoms with van der Waals surface area (Å²) < 4.78 is 6.15. The van der Waals surface area contributed by atoms with Crippen molar-refractivity contribution in [2.45, 2.75) is 13.8 Å². The molecule has 0 radical (unpaired) electrons. The standard InChI is InChI=1S/C17H16BrNO3/c1-11-3-5-15(12(2)7-11)19-9-13-8-14(18)4-6-16(13)22-10-17(20)21/h3-9H,10H2,1-2H3,(H,20,21). The van der Waals surface area contributed by atoms with Crippen LogP contribution in [0.4, 0.5) is 5.69 Å². The summed E-state index contributed by atoms with van der Waals surface area (Å²) in [5, 5.41) is 8.72. The molecule has 0 spiro atoms. The largest absolute Gasteiger partial charge is 0.481 e. The van der Waals surface area contributed by atoms with Crippen LogP contribution < -0.4 is 4.74 Å². The summed E-state index contributed by atoms with van der Waals surface area (Å²) >= 11 is 3.39. The molecule has 0 amide bonds. The number of aliphatic carboxylic acids is 1. The number of rotatable bonds is 5. The first-order chi connectivity index (χ1) is 10.5. The van der Waals surface area contributed by atoms with Crippen LogP contribution in [0.3, 0.4) is 0 Å². The summed E-state index contributed by atoms with van der Waals surface area (Å²) in [6.45, 7) is 3.65. The van der Waals surface area contributed by atoms with E-state index in [1.165, 1.54) is 5.56 Å². The molecule has 22 heavy (non-hydrogen) atoms. The Morgan fingerprint density at radius 3 is 2.73 bits per heavy atom. The third kappa shape index (κ3) is 4.43. The van der Waals surface area contributed by atoms with Gasteiger partial charge in [0.15, 0.2) is 6.61 Å². The zero-order valence-corrected chi connectivity index (χ0v) is 13.9. The fraction of sp³-hybridized carbons (Fsp3) is 0.176. The van der Waals surface area contributed by atoms with Crippen molar-refractivity contribution >= 4 is 33.8 Å². The van der Waals surface area contributed by atoms with E-state index in [1.807, 2.05) is 32.0 Å². The quantitative estimate of drug-likeness (QED) is 0.808. The number of carboxylic acid groups (broad SMARTS) is 1. The Morgan fingerprint density at radius 2 is 2.05 bits per heavy atom. The van der Waals surface area contributed by atoms with Gasteiger partial charge in [0, 0.05) is 16.3 Å². The summed E-state index contributed by atoms with van der Waals surface area (Å²) in [6, 6.07) is 11.4. The molecular weight excluding hydrogens is 346 g/mol. The average Bonchev–Trinajstić information content (AvgIpc) is 2.45. The predicted molar refractivity (Wildman–Crippen MR) is 90.4 cm³/mol. The van der Waals surface area contributed by atoms with Gasteiger partial charge in [-0.15, -0.1) is 0 Å². The Hall–Kier alpha value is -2.14. The number of aryl methyl sites for hydroxylation is 2. The minimum absolute atomic E-state index is 0.383. The zero-order valence-electron chi connectivity index (χ0n) is 12.3. The van der Waals surface area contributed by atoms with Crippen LogP contribution in [0.1, 0.15) is 16.7 Å². The molecule has 0 aromatic heterocycles. The van der Waals surface area contributed by atoms with Gasteiger partial charge in [-0.1, -0.05) is 33.6 Å². The lowest BCUT2D eigenvalue weighted by Gasteiger charge is -2.07. The molecule has 2 aromatic carbocycles. The van der Waals surface area contributed by atoms with Gasteiger partial charge in [0.05, 0.1) is 5.69 Å². The van der Waals surface area contributed by atoms with E-state index in [1.54, 1.807) is 18.3 Å². The van der Waals surface area contributed by atoms with Gasteiger partial charge in [-0.25, -0.2) is 4.79 Å². The number of halogens is 1. The van der Waals surface area contributed by atoms with E-state index in [4.69, 9.17) is 9.84 Å². The van der Waals surface area contributed by atoms with Crippen LogP contribution in [0.2, 0.25) is 0 Å². The Bertz CT molecular complexity index is 726. The van der Waals surface area contributed by atoms with E-state index in [0.29, 0.717) is 5.75 Å². The highest BCUT2D eigenvalue weighted by molar-refractivity contribution is 9.10. The first kappa shape index (κ1) is 16.2. The third-order valence-corrected chi connectivity index (χ3v) is 3.51.